The van der Waals surface area contributed by atoms with Crippen molar-refractivity contribution < 1.29 is 32.6 Å². The first-order chi connectivity index (χ1) is 8.34. The zero-order chi connectivity index (χ0) is 15.4. The van der Waals surface area contributed by atoms with Crippen molar-refractivity contribution in [3.05, 3.63) is 0 Å². The number of rotatable bonds is 5. The van der Waals surface area contributed by atoms with Crippen LogP contribution in [0.2, 0.25) is 0 Å². The predicted molar refractivity (Wildman–Crippen MR) is 61.4 cm³/mol. The summed E-state index contributed by atoms with van der Waals surface area (Å²) in [6, 6.07) is 0. The van der Waals surface area contributed by atoms with E-state index < -0.39 is 48.4 Å². The van der Waals surface area contributed by atoms with Crippen LogP contribution in [-0.2, 0) is 14.3 Å². The standard InChI is InChI=1S/C12H19F3O4/c1-7(10(17)18)8(12(13,14)15)5-6-9(16)19-11(2,3)4/h7-8H,5-6H2,1-4H3,(H,17,18)/t7?,8-/m1/s1. The molecule has 0 aromatic carbocycles. The minimum absolute atomic E-state index is 0.459. The average molecular weight is 284 g/mol. The molecule has 112 valence electrons. The Morgan fingerprint density at radius 3 is 2.00 bits per heavy atom. The Kier molecular flexibility index (Phi) is 5.83. The van der Waals surface area contributed by atoms with Gasteiger partial charge in [-0.2, -0.15) is 13.2 Å². The average Bonchev–Trinajstić information content (AvgIpc) is 2.12. The van der Waals surface area contributed by atoms with Crippen LogP contribution in [0, 0.1) is 11.8 Å². The molecular weight excluding hydrogens is 265 g/mol. The summed E-state index contributed by atoms with van der Waals surface area (Å²) in [5, 5.41) is 8.65. The maximum Gasteiger partial charge on any atom is 0.392 e. The molecule has 0 radical (unpaired) electrons. The van der Waals surface area contributed by atoms with Crippen molar-refractivity contribution in [3.8, 4) is 0 Å². The van der Waals surface area contributed by atoms with Gasteiger partial charge >= 0.3 is 18.1 Å². The number of hydrogen-bond acceptors (Lipinski definition) is 3. The first kappa shape index (κ1) is 17.7. The maximum atomic E-state index is 12.7. The summed E-state index contributed by atoms with van der Waals surface area (Å²) in [5.74, 6) is -5.95. The van der Waals surface area contributed by atoms with E-state index in [1.165, 1.54) is 0 Å². The van der Waals surface area contributed by atoms with Gasteiger partial charge in [0, 0.05) is 6.42 Å². The molecule has 19 heavy (non-hydrogen) atoms. The molecule has 0 bridgehead atoms. The lowest BCUT2D eigenvalue weighted by Gasteiger charge is -2.24. The molecule has 7 heteroatoms. The van der Waals surface area contributed by atoms with Crippen molar-refractivity contribution in [3.63, 3.8) is 0 Å². The van der Waals surface area contributed by atoms with Crippen LogP contribution in [0.15, 0.2) is 0 Å². The zero-order valence-electron chi connectivity index (χ0n) is 11.4. The Bertz CT molecular complexity index is 331. The Labute approximate surface area is 109 Å². The van der Waals surface area contributed by atoms with E-state index in [0.717, 1.165) is 6.92 Å². The summed E-state index contributed by atoms with van der Waals surface area (Å²) in [6.45, 7) is 5.79. The fourth-order valence-electron chi connectivity index (χ4n) is 1.54. The number of halogens is 3. The molecular formula is C12H19F3O4. The van der Waals surface area contributed by atoms with Crippen LogP contribution in [-0.4, -0.2) is 28.8 Å². The molecule has 2 atom stereocenters. The van der Waals surface area contributed by atoms with Crippen molar-refractivity contribution in [1.82, 2.24) is 0 Å². The summed E-state index contributed by atoms with van der Waals surface area (Å²) >= 11 is 0. The molecule has 0 fully saturated rings. The predicted octanol–water partition coefficient (Wildman–Crippen LogP) is 3.01. The molecule has 0 aliphatic rings. The molecule has 0 aliphatic heterocycles. The van der Waals surface area contributed by atoms with Crippen LogP contribution in [0.1, 0.15) is 40.5 Å². The second kappa shape index (κ2) is 6.25. The van der Waals surface area contributed by atoms with Gasteiger partial charge in [-0.3, -0.25) is 9.59 Å². The quantitative estimate of drug-likeness (QED) is 0.788. The third kappa shape index (κ3) is 7.03. The van der Waals surface area contributed by atoms with Crippen LogP contribution in [0.25, 0.3) is 0 Å². The highest BCUT2D eigenvalue weighted by atomic mass is 19.4. The highest BCUT2D eigenvalue weighted by Crippen LogP contribution is 2.35. The monoisotopic (exact) mass is 284 g/mol. The summed E-state index contributed by atoms with van der Waals surface area (Å²) in [7, 11) is 0. The SMILES string of the molecule is CC(C(=O)O)[C@@H](CCC(=O)OC(C)(C)C)C(F)(F)F. The Balaban J connectivity index is 4.61. The van der Waals surface area contributed by atoms with Gasteiger partial charge in [-0.25, -0.2) is 0 Å². The molecule has 0 amide bonds. The number of ether oxygens (including phenoxy) is 1. The molecule has 0 aromatic rings. The molecule has 0 rings (SSSR count). The fraction of sp³-hybridized carbons (Fsp3) is 0.833. The lowest BCUT2D eigenvalue weighted by molar-refractivity contribution is -0.198. The van der Waals surface area contributed by atoms with E-state index in [1.807, 2.05) is 0 Å². The summed E-state index contributed by atoms with van der Waals surface area (Å²) < 4.78 is 43.0. The van der Waals surface area contributed by atoms with Crippen LogP contribution in [0.3, 0.4) is 0 Å². The highest BCUT2D eigenvalue weighted by Gasteiger charge is 2.45. The smallest absolute Gasteiger partial charge is 0.392 e. The normalized spacial score (nSPS) is 15.7. The van der Waals surface area contributed by atoms with Gasteiger partial charge < -0.3 is 9.84 Å². The van der Waals surface area contributed by atoms with Crippen LogP contribution < -0.4 is 0 Å². The van der Waals surface area contributed by atoms with Gasteiger partial charge in [-0.15, -0.1) is 0 Å². The molecule has 0 aliphatic carbocycles. The van der Waals surface area contributed by atoms with Crippen molar-refractivity contribution >= 4 is 11.9 Å². The third-order valence-electron chi connectivity index (χ3n) is 2.49. The molecule has 0 spiro atoms. The van der Waals surface area contributed by atoms with E-state index >= 15 is 0 Å². The molecule has 1 unspecified atom stereocenters. The summed E-state index contributed by atoms with van der Waals surface area (Å²) in [6.07, 6.45) is -5.70. The van der Waals surface area contributed by atoms with E-state index in [1.54, 1.807) is 20.8 Å². The van der Waals surface area contributed by atoms with Crippen molar-refractivity contribution in [2.45, 2.75) is 52.3 Å². The van der Waals surface area contributed by atoms with Gasteiger partial charge in [-0.05, 0) is 27.2 Å². The molecule has 0 aromatic heterocycles. The minimum atomic E-state index is -4.65. The number of aliphatic carboxylic acids is 1. The number of carboxylic acid groups (broad SMARTS) is 1. The molecule has 4 nitrogen and oxygen atoms in total. The van der Waals surface area contributed by atoms with E-state index in [4.69, 9.17) is 9.84 Å². The topological polar surface area (TPSA) is 63.6 Å². The van der Waals surface area contributed by atoms with Gasteiger partial charge in [0.05, 0.1) is 11.8 Å². The van der Waals surface area contributed by atoms with Crippen molar-refractivity contribution in [1.29, 1.82) is 0 Å². The van der Waals surface area contributed by atoms with Gasteiger partial charge in [0.1, 0.15) is 5.60 Å². The Hall–Kier alpha value is -1.27. The van der Waals surface area contributed by atoms with Crippen LogP contribution >= 0.6 is 0 Å². The number of alkyl halides is 3. The second-order valence-electron chi connectivity index (χ2n) is 5.40. The van der Waals surface area contributed by atoms with Gasteiger partial charge in [0.15, 0.2) is 0 Å². The molecule has 1 N–H and O–H groups in total. The number of esters is 1. The maximum absolute atomic E-state index is 12.7. The van der Waals surface area contributed by atoms with Crippen molar-refractivity contribution in [2.24, 2.45) is 11.8 Å². The van der Waals surface area contributed by atoms with Crippen LogP contribution in [0.4, 0.5) is 13.2 Å². The summed E-state index contributed by atoms with van der Waals surface area (Å²) in [5.41, 5.74) is -0.775. The van der Waals surface area contributed by atoms with Gasteiger partial charge in [-0.1, -0.05) is 6.92 Å². The lowest BCUT2D eigenvalue weighted by atomic mass is 9.89. The van der Waals surface area contributed by atoms with Gasteiger partial charge in [0.25, 0.3) is 0 Å². The number of carbonyl (C=O) groups is 2. The first-order valence-corrected chi connectivity index (χ1v) is 5.86. The molecule has 0 heterocycles. The fourth-order valence-corrected chi connectivity index (χ4v) is 1.54. The number of carboxylic acids is 1. The second-order valence-corrected chi connectivity index (χ2v) is 5.40. The lowest BCUT2D eigenvalue weighted by Crippen LogP contribution is -2.34. The Morgan fingerprint density at radius 2 is 1.68 bits per heavy atom. The third-order valence-corrected chi connectivity index (χ3v) is 2.49. The minimum Gasteiger partial charge on any atom is -0.481 e. The number of carbonyl (C=O) groups excluding carboxylic acids is 1. The number of hydrogen-bond donors (Lipinski definition) is 1. The van der Waals surface area contributed by atoms with E-state index in [0.29, 0.717) is 0 Å². The van der Waals surface area contributed by atoms with E-state index in [2.05, 4.69) is 0 Å². The van der Waals surface area contributed by atoms with Gasteiger partial charge in [0.2, 0.25) is 0 Å². The molecule has 0 saturated carbocycles. The van der Waals surface area contributed by atoms with E-state index in [-0.39, 0.29) is 0 Å². The first-order valence-electron chi connectivity index (χ1n) is 5.86. The largest absolute Gasteiger partial charge is 0.481 e. The highest BCUT2D eigenvalue weighted by molar-refractivity contribution is 5.71. The molecule has 0 saturated heterocycles. The van der Waals surface area contributed by atoms with E-state index in [9.17, 15) is 22.8 Å². The Morgan fingerprint density at radius 1 is 1.21 bits per heavy atom. The summed E-state index contributed by atoms with van der Waals surface area (Å²) in [4.78, 5) is 22.0. The van der Waals surface area contributed by atoms with Crippen LogP contribution in [0.5, 0.6) is 0 Å². The van der Waals surface area contributed by atoms with Crippen molar-refractivity contribution in [2.75, 3.05) is 0 Å². The zero-order valence-corrected chi connectivity index (χ0v) is 11.4.